The highest BCUT2D eigenvalue weighted by Gasteiger charge is 2.27. The van der Waals surface area contributed by atoms with E-state index in [4.69, 9.17) is 49.0 Å². The number of fused-ring (bicyclic) bond motifs is 3. The number of nitrogens with zero attached hydrogens (tertiary/aromatic N) is 9. The van der Waals surface area contributed by atoms with Gasteiger partial charge in [0.15, 0.2) is 34.7 Å². The maximum absolute atomic E-state index is 15.1. The lowest BCUT2D eigenvalue weighted by Crippen LogP contribution is -2.30. The van der Waals surface area contributed by atoms with Crippen LogP contribution in [0, 0.1) is 17.5 Å². The number of carbonyl (C=O) groups is 3. The number of imidazole rings is 3. The number of aryl methyl sites for hydroxylation is 1. The molecule has 2 fully saturated rings. The lowest BCUT2D eigenvalue weighted by atomic mass is 10.1. The Kier molecular flexibility index (Phi) is 20.5. The van der Waals surface area contributed by atoms with Crippen molar-refractivity contribution >= 4 is 103 Å². The molecule has 0 bridgehead atoms. The summed E-state index contributed by atoms with van der Waals surface area (Å²) in [4.78, 5) is 62.1. The Hall–Kier alpha value is -12.5. The summed E-state index contributed by atoms with van der Waals surface area (Å²) in [6.07, 6.45) is 19.4. The van der Waals surface area contributed by atoms with Crippen LogP contribution in [-0.2, 0) is 7.05 Å². The van der Waals surface area contributed by atoms with Crippen molar-refractivity contribution < 1.29 is 41.8 Å². The van der Waals surface area contributed by atoms with Crippen LogP contribution in [-0.4, -0.2) is 80.3 Å². The first kappa shape index (κ1) is 69.6. The first-order valence-corrected chi connectivity index (χ1v) is 34.2. The zero-order valence-electron chi connectivity index (χ0n) is 55.8. The molecule has 0 aliphatic heterocycles. The highest BCUT2D eigenvalue weighted by molar-refractivity contribution is 6.35. The van der Waals surface area contributed by atoms with Crippen LogP contribution in [0.5, 0.6) is 34.5 Å². The second kappa shape index (κ2) is 31.0. The maximum Gasteiger partial charge on any atom is 0.319 e. The van der Waals surface area contributed by atoms with Gasteiger partial charge >= 0.3 is 18.1 Å². The van der Waals surface area contributed by atoms with E-state index in [0.717, 1.165) is 70.8 Å². The molecule has 2 saturated carbocycles. The minimum Gasteiger partial charge on any atom is -0.453 e. The van der Waals surface area contributed by atoms with E-state index in [1.165, 1.54) is 36.4 Å². The van der Waals surface area contributed by atoms with Gasteiger partial charge in [0.2, 0.25) is 0 Å². The van der Waals surface area contributed by atoms with Gasteiger partial charge in [-0.25, -0.2) is 42.5 Å². The van der Waals surface area contributed by atoms with Crippen molar-refractivity contribution in [2.45, 2.75) is 44.7 Å². The Balaban J connectivity index is 0.000000133. The first-order valence-electron chi connectivity index (χ1n) is 33.1. The van der Waals surface area contributed by atoms with Gasteiger partial charge in [-0.1, -0.05) is 89.4 Å². The molecule has 6 aromatic heterocycles. The number of amides is 6. The molecule has 16 rings (SSSR count). The van der Waals surface area contributed by atoms with Gasteiger partial charge in [-0.15, -0.1) is 0 Å². The highest BCUT2D eigenvalue weighted by Crippen LogP contribution is 2.42. The number of benzene rings is 8. The molecule has 6 heterocycles. The lowest BCUT2D eigenvalue weighted by molar-refractivity contribution is 0.251. The largest absolute Gasteiger partial charge is 0.453 e. The van der Waals surface area contributed by atoms with E-state index in [1.807, 2.05) is 142 Å². The maximum atomic E-state index is 15.1. The van der Waals surface area contributed by atoms with Gasteiger partial charge in [0.25, 0.3) is 0 Å². The molecule has 27 heteroatoms. The highest BCUT2D eigenvalue weighted by atomic mass is 35.5. The molecule has 2 aliphatic rings. The second-order valence-corrected chi connectivity index (χ2v) is 25.4. The quantitative estimate of drug-likeness (QED) is 0.0499. The molecule has 21 nitrogen and oxygen atoms in total. The van der Waals surface area contributed by atoms with Crippen molar-refractivity contribution in [2.24, 2.45) is 7.05 Å². The molecule has 0 spiro atoms. The van der Waals surface area contributed by atoms with E-state index >= 15 is 8.78 Å². The van der Waals surface area contributed by atoms with Gasteiger partial charge < -0.3 is 55.2 Å². The van der Waals surface area contributed by atoms with E-state index in [0.29, 0.717) is 56.5 Å². The van der Waals surface area contributed by atoms with Crippen molar-refractivity contribution in [1.82, 2.24) is 59.6 Å². The number of ether oxygens (including phenoxy) is 3. The van der Waals surface area contributed by atoms with Crippen molar-refractivity contribution in [3.63, 3.8) is 0 Å². The average Bonchev–Trinajstić information content (AvgIpc) is 1.56. The number of carbonyl (C=O) groups excluding carboxylic acids is 3. The van der Waals surface area contributed by atoms with Gasteiger partial charge in [-0.3, -0.25) is 19.5 Å². The number of aromatic nitrogens is 9. The van der Waals surface area contributed by atoms with Crippen molar-refractivity contribution in [3.8, 4) is 79.6 Å². The summed E-state index contributed by atoms with van der Waals surface area (Å²) in [6, 6.07) is 49.9. The molecule has 8 aromatic carbocycles. The smallest absolute Gasteiger partial charge is 0.319 e. The third kappa shape index (κ3) is 16.1. The van der Waals surface area contributed by atoms with Crippen LogP contribution in [0.4, 0.5) is 44.6 Å². The summed E-state index contributed by atoms with van der Waals surface area (Å²) >= 11 is 18.5. The minimum atomic E-state index is -0.771. The van der Waals surface area contributed by atoms with Crippen molar-refractivity contribution in [3.05, 3.63) is 259 Å². The van der Waals surface area contributed by atoms with Gasteiger partial charge in [0.1, 0.15) is 32.3 Å². The topological polar surface area (TPSA) is 243 Å². The molecule has 14 aromatic rings. The summed E-state index contributed by atoms with van der Waals surface area (Å²) < 4.78 is 68.4. The molecule has 0 unspecified atom stereocenters. The number of rotatable bonds is 17. The van der Waals surface area contributed by atoms with Gasteiger partial charge in [0.05, 0.1) is 82.1 Å². The Morgan fingerprint density at radius 2 is 0.886 bits per heavy atom. The lowest BCUT2D eigenvalue weighted by Gasteiger charge is -2.14. The number of nitrogens with one attached hydrogen (secondary N) is 6. The standard InChI is InChI=1S/2C28H21ClFN5O2.C22H19ClFN5O2/c29-26-21(34-28(36)33-18-7-8-18)10-11-25(27(26)30)37-24-12-13-32-22-14-17(6-9-20(22)24)23-15-31-16-35(23)19-4-2-1-3-5-19;29-26-21(34-28(36)33-18-7-8-18)10-11-25(27(26)30)37-24-12-13-31-22-14-17(6-9-20(22)24)23-15-35(16-32-23)19-4-2-1-3-5-19;1-3-26-22(30)28-15-6-7-19(21(24)20(15)23)31-18-8-9-27-16-10-13(4-5-14(16)18)17-11-25-12-29(17)2/h2*1-6,9-16,18H,7-8H2,(H2,33,34,36);4-12H,3H2,1-2H3,(H2,26,28,30). The van der Waals surface area contributed by atoms with Crippen LogP contribution in [0.1, 0.15) is 32.6 Å². The van der Waals surface area contributed by atoms with Crippen molar-refractivity contribution in [2.75, 3.05) is 22.5 Å². The Morgan fingerprint density at radius 1 is 0.467 bits per heavy atom. The monoisotopic (exact) mass is 1470 g/mol. The van der Waals surface area contributed by atoms with Crippen LogP contribution in [0.3, 0.4) is 0 Å². The Labute approximate surface area is 613 Å². The summed E-state index contributed by atoms with van der Waals surface area (Å²) in [7, 11) is 1.91. The molecule has 0 radical (unpaired) electrons. The molecule has 0 saturated heterocycles. The second-order valence-electron chi connectivity index (χ2n) is 24.3. The zero-order chi connectivity index (χ0) is 72.7. The van der Waals surface area contributed by atoms with Gasteiger partial charge in [-0.05, 0) is 148 Å². The zero-order valence-corrected chi connectivity index (χ0v) is 58.1. The summed E-state index contributed by atoms with van der Waals surface area (Å²) in [5, 5.41) is 17.2. The van der Waals surface area contributed by atoms with Crippen LogP contribution in [0.25, 0.3) is 77.9 Å². The molecule has 105 heavy (non-hydrogen) atoms. The fourth-order valence-corrected chi connectivity index (χ4v) is 11.8. The number of hydrogen-bond acceptors (Lipinski definition) is 12. The molecule has 6 N–H and O–H groups in total. The number of halogens is 6. The summed E-state index contributed by atoms with van der Waals surface area (Å²) in [5.41, 5.74) is 9.96. The number of hydrogen-bond donors (Lipinski definition) is 6. The van der Waals surface area contributed by atoms with Crippen molar-refractivity contribution in [1.29, 1.82) is 0 Å². The van der Waals surface area contributed by atoms with E-state index in [-0.39, 0.29) is 61.5 Å². The molecule has 6 amide bonds. The number of anilines is 3. The Morgan fingerprint density at radius 3 is 1.33 bits per heavy atom. The van der Waals surface area contributed by atoms with Crippen LogP contribution >= 0.6 is 34.8 Å². The van der Waals surface area contributed by atoms with E-state index in [9.17, 15) is 18.8 Å². The normalized spacial score (nSPS) is 12.3. The fourth-order valence-electron chi connectivity index (χ4n) is 11.2. The van der Waals surface area contributed by atoms with Crippen LogP contribution in [0.2, 0.25) is 15.1 Å². The van der Waals surface area contributed by atoms with Crippen LogP contribution < -0.4 is 46.1 Å². The first-order chi connectivity index (χ1) is 51.1. The van der Waals surface area contributed by atoms with Gasteiger partial charge in [-0.2, -0.15) is 0 Å². The predicted octanol–water partition coefficient (Wildman–Crippen LogP) is 19.3. The average molecular weight is 1470 g/mol. The third-order valence-electron chi connectivity index (χ3n) is 16.8. The molecular weight excluding hydrogens is 1410 g/mol. The summed E-state index contributed by atoms with van der Waals surface area (Å²) in [6.45, 7) is 2.21. The van der Waals surface area contributed by atoms with Gasteiger partial charge in [0, 0.05) is 94.7 Å². The fraction of sp³-hybridized carbons (Fsp3) is 0.115. The molecule has 526 valence electrons. The summed E-state index contributed by atoms with van der Waals surface area (Å²) in [5.74, 6) is -1.20. The molecule has 2 aliphatic carbocycles. The number of urea groups is 3. The number of para-hydroxylation sites is 2. The SMILES string of the molecule is CCNC(=O)Nc1ccc(Oc2ccnc3cc(-c4cncn4C)ccc23)c(F)c1Cl.O=C(Nc1ccc(Oc2ccnc3cc(-c4cn(-c5ccccc5)cn4)ccc23)c(F)c1Cl)NC1CC1.O=C(Nc1ccc(Oc2ccnc3cc(-c4cncn4-c4ccccc4)ccc23)c(F)c1Cl)NC1CC1. The predicted molar refractivity (Wildman–Crippen MR) is 400 cm³/mol. The van der Waals surface area contributed by atoms with E-state index in [2.05, 4.69) is 61.8 Å². The third-order valence-corrected chi connectivity index (χ3v) is 17.9. The molecule has 0 atom stereocenters. The van der Waals surface area contributed by atoms with E-state index in [1.54, 1.807) is 75.1 Å². The van der Waals surface area contributed by atoms with Crippen LogP contribution in [0.15, 0.2) is 226 Å². The minimum absolute atomic E-state index is 0.0584. The molecular formula is C78H61Cl3F3N15O6. The van der Waals surface area contributed by atoms with E-state index < -0.39 is 35.5 Å². The Bertz CT molecular complexity index is 5590. The number of pyridine rings is 3.